The lowest BCUT2D eigenvalue weighted by molar-refractivity contribution is 0.268. The third kappa shape index (κ3) is 2.09. The zero-order valence-electron chi connectivity index (χ0n) is 6.69. The highest BCUT2D eigenvalue weighted by Crippen LogP contribution is 2.12. The minimum atomic E-state index is -0.136. The monoisotopic (exact) mass is 197 g/mol. The van der Waals surface area contributed by atoms with Crippen LogP contribution >= 0.6 is 11.8 Å². The predicted octanol–water partition coefficient (Wildman–Crippen LogP) is 1.03. The van der Waals surface area contributed by atoms with Gasteiger partial charge in [-0.25, -0.2) is 0 Å². The van der Waals surface area contributed by atoms with Crippen molar-refractivity contribution in [1.82, 2.24) is 10.5 Å². The molecule has 5 nitrogen and oxygen atoms in total. The summed E-state index contributed by atoms with van der Waals surface area (Å²) in [5.41, 5.74) is 0.798. The molecule has 2 heterocycles. The van der Waals surface area contributed by atoms with E-state index in [1.165, 1.54) is 18.0 Å². The molecule has 1 aromatic rings. The van der Waals surface area contributed by atoms with Crippen molar-refractivity contribution in [2.24, 2.45) is 4.99 Å². The number of nitrogens with one attached hydrogen (secondary N) is 1. The van der Waals surface area contributed by atoms with Crippen molar-refractivity contribution in [3.8, 4) is 0 Å². The van der Waals surface area contributed by atoms with Gasteiger partial charge >= 0.3 is 5.24 Å². The van der Waals surface area contributed by atoms with E-state index in [4.69, 9.17) is 0 Å². The third-order valence-electron chi connectivity index (χ3n) is 1.52. The lowest BCUT2D eigenvalue weighted by Gasteiger charge is -1.99. The molecule has 0 aliphatic carbocycles. The van der Waals surface area contributed by atoms with Gasteiger partial charge in [-0.15, -0.1) is 0 Å². The molecular formula is C7H7N3O2S. The highest BCUT2D eigenvalue weighted by molar-refractivity contribution is 8.14. The van der Waals surface area contributed by atoms with E-state index in [9.17, 15) is 4.79 Å². The van der Waals surface area contributed by atoms with Crippen LogP contribution in [0.15, 0.2) is 21.8 Å². The fraction of sp³-hybridized carbons (Fsp3) is 0.286. The van der Waals surface area contributed by atoms with E-state index < -0.39 is 0 Å². The Morgan fingerprint density at radius 1 is 1.69 bits per heavy atom. The van der Waals surface area contributed by atoms with E-state index in [0.29, 0.717) is 18.1 Å². The largest absolute Gasteiger partial charge is 0.367 e. The number of thioether (sulfide) groups is 1. The first-order chi connectivity index (χ1) is 6.34. The molecule has 0 saturated carbocycles. The van der Waals surface area contributed by atoms with Gasteiger partial charge in [0.1, 0.15) is 17.8 Å². The molecule has 0 aromatic carbocycles. The second-order valence-electron chi connectivity index (χ2n) is 2.46. The minimum absolute atomic E-state index is 0.136. The third-order valence-corrected chi connectivity index (χ3v) is 2.28. The van der Waals surface area contributed by atoms with E-state index in [1.807, 2.05) is 0 Å². The standard InChI is InChI=1S/C7H7N3O2S/c11-7-9-6(4-13-7)8-3-5-1-2-12-10-5/h1-2H,3-4H2,(H,8,9,11). The number of amides is 1. The van der Waals surface area contributed by atoms with Gasteiger partial charge in [-0.05, 0) is 0 Å². The smallest absolute Gasteiger partial charge is 0.306 e. The fourth-order valence-corrected chi connectivity index (χ4v) is 1.52. The maximum Gasteiger partial charge on any atom is 0.306 e. The molecule has 0 unspecified atom stereocenters. The van der Waals surface area contributed by atoms with Crippen LogP contribution in [0, 0.1) is 0 Å². The van der Waals surface area contributed by atoms with E-state index >= 15 is 0 Å². The van der Waals surface area contributed by atoms with Gasteiger partial charge in [-0.3, -0.25) is 4.79 Å². The summed E-state index contributed by atoms with van der Waals surface area (Å²) in [6.07, 6.45) is 1.51. The highest BCUT2D eigenvalue weighted by atomic mass is 32.2. The Hall–Kier alpha value is -1.30. The lowest BCUT2D eigenvalue weighted by Crippen LogP contribution is -2.23. The van der Waals surface area contributed by atoms with E-state index in [0.717, 1.165) is 5.69 Å². The van der Waals surface area contributed by atoms with Gasteiger partial charge in [0.05, 0.1) is 12.3 Å². The van der Waals surface area contributed by atoms with Crippen molar-refractivity contribution in [3.63, 3.8) is 0 Å². The van der Waals surface area contributed by atoms with Gasteiger partial charge in [0.25, 0.3) is 0 Å². The minimum Gasteiger partial charge on any atom is -0.367 e. The average Bonchev–Trinajstić information content (AvgIpc) is 2.71. The summed E-state index contributed by atoms with van der Waals surface area (Å²) in [4.78, 5) is 14.5. The Morgan fingerprint density at radius 2 is 2.62 bits per heavy atom. The summed E-state index contributed by atoms with van der Waals surface area (Å²) in [5.74, 6) is 1.33. The Bertz CT molecular complexity index is 334. The molecule has 1 amide bonds. The maximum atomic E-state index is 10.7. The Labute approximate surface area is 78.6 Å². The molecule has 68 valence electrons. The van der Waals surface area contributed by atoms with Crippen LogP contribution < -0.4 is 5.32 Å². The van der Waals surface area contributed by atoms with Crippen molar-refractivity contribution in [1.29, 1.82) is 0 Å². The quantitative estimate of drug-likeness (QED) is 0.766. The van der Waals surface area contributed by atoms with Gasteiger partial charge in [-0.2, -0.15) is 4.99 Å². The molecule has 0 bridgehead atoms. The molecule has 0 radical (unpaired) electrons. The topological polar surface area (TPSA) is 67.5 Å². The summed E-state index contributed by atoms with van der Waals surface area (Å²) in [5, 5.41) is 6.58. The first kappa shape index (κ1) is 8.31. The number of hydrogen-bond donors (Lipinski definition) is 1. The van der Waals surface area contributed by atoms with Crippen molar-refractivity contribution >= 4 is 22.8 Å². The zero-order valence-corrected chi connectivity index (χ0v) is 7.50. The average molecular weight is 197 g/mol. The van der Waals surface area contributed by atoms with E-state index in [-0.39, 0.29) is 5.24 Å². The number of nitrogens with zero attached hydrogens (tertiary/aromatic N) is 2. The molecule has 1 N–H and O–H groups in total. The van der Waals surface area contributed by atoms with Gasteiger partial charge in [-0.1, -0.05) is 16.9 Å². The van der Waals surface area contributed by atoms with Gasteiger partial charge in [0, 0.05) is 6.07 Å². The van der Waals surface area contributed by atoms with Gasteiger partial charge in [0.15, 0.2) is 0 Å². The Balaban J connectivity index is 1.87. The molecule has 0 atom stereocenters. The molecular weight excluding hydrogens is 190 g/mol. The van der Waals surface area contributed by atoms with Crippen molar-refractivity contribution in [2.75, 3.05) is 5.75 Å². The second-order valence-corrected chi connectivity index (χ2v) is 3.38. The fourth-order valence-electron chi connectivity index (χ4n) is 0.917. The van der Waals surface area contributed by atoms with E-state index in [2.05, 4.69) is 20.0 Å². The molecule has 6 heteroatoms. The van der Waals surface area contributed by atoms with Crippen LogP contribution in [0.4, 0.5) is 4.79 Å². The maximum absolute atomic E-state index is 10.7. The summed E-state index contributed by atoms with van der Waals surface area (Å²) >= 11 is 1.19. The van der Waals surface area contributed by atoms with Crippen molar-refractivity contribution in [2.45, 2.75) is 6.54 Å². The second kappa shape index (κ2) is 3.61. The Morgan fingerprint density at radius 3 is 3.23 bits per heavy atom. The predicted molar refractivity (Wildman–Crippen MR) is 48.6 cm³/mol. The van der Waals surface area contributed by atoms with Crippen LogP contribution in [0.5, 0.6) is 0 Å². The number of rotatable bonds is 2. The molecule has 0 saturated heterocycles. The lowest BCUT2D eigenvalue weighted by atomic mass is 10.4. The number of aromatic nitrogens is 1. The van der Waals surface area contributed by atoms with Gasteiger partial charge in [0.2, 0.25) is 0 Å². The highest BCUT2D eigenvalue weighted by Gasteiger charge is 2.13. The molecule has 0 fully saturated rings. The first-order valence-corrected chi connectivity index (χ1v) is 4.70. The molecule has 1 aliphatic rings. The summed E-state index contributed by atoms with van der Waals surface area (Å²) < 4.78 is 4.65. The first-order valence-electron chi connectivity index (χ1n) is 3.72. The van der Waals surface area contributed by atoms with Crippen LogP contribution in [0.3, 0.4) is 0 Å². The molecule has 1 aromatic heterocycles. The van der Waals surface area contributed by atoms with Crippen molar-refractivity contribution in [3.05, 3.63) is 18.0 Å². The number of hydrogen-bond acceptors (Lipinski definition) is 5. The number of carbonyl (C=O) groups excluding carboxylic acids is 1. The molecule has 1 aliphatic heterocycles. The zero-order chi connectivity index (χ0) is 9.10. The van der Waals surface area contributed by atoms with Crippen LogP contribution in [0.25, 0.3) is 0 Å². The van der Waals surface area contributed by atoms with Crippen LogP contribution in [0.1, 0.15) is 5.69 Å². The van der Waals surface area contributed by atoms with Crippen LogP contribution in [0.2, 0.25) is 0 Å². The molecule has 0 spiro atoms. The molecule has 13 heavy (non-hydrogen) atoms. The number of aliphatic imine (C=N–C) groups is 1. The Kier molecular flexibility index (Phi) is 2.31. The summed E-state index contributed by atoms with van der Waals surface area (Å²) in [7, 11) is 0. The van der Waals surface area contributed by atoms with E-state index in [1.54, 1.807) is 6.07 Å². The molecule has 2 rings (SSSR count). The van der Waals surface area contributed by atoms with Gasteiger partial charge < -0.3 is 9.84 Å². The normalized spacial score (nSPS) is 16.0. The van der Waals surface area contributed by atoms with Crippen LogP contribution in [-0.2, 0) is 6.54 Å². The van der Waals surface area contributed by atoms with Crippen molar-refractivity contribution < 1.29 is 9.32 Å². The summed E-state index contributed by atoms with van der Waals surface area (Å²) in [6.45, 7) is 0.545. The SMILES string of the molecule is O=C1N=C(NCc2ccon2)CS1. The number of amidine groups is 1. The summed E-state index contributed by atoms with van der Waals surface area (Å²) in [6, 6.07) is 1.76. The van der Waals surface area contributed by atoms with Crippen LogP contribution in [-0.4, -0.2) is 22.0 Å². The number of carbonyl (C=O) groups is 1.